The van der Waals surface area contributed by atoms with Gasteiger partial charge in [0.05, 0.1) is 0 Å². The van der Waals surface area contributed by atoms with Crippen LogP contribution in [0.2, 0.25) is 0 Å². The predicted octanol–water partition coefficient (Wildman–Crippen LogP) is 6.76. The van der Waals surface area contributed by atoms with Crippen LogP contribution in [0, 0.1) is 25.7 Å². The quantitative estimate of drug-likeness (QED) is 0.549. The van der Waals surface area contributed by atoms with Crippen LogP contribution in [0.15, 0.2) is 42.5 Å². The monoisotopic (exact) mass is 349 g/mol. The van der Waals surface area contributed by atoms with Gasteiger partial charge >= 0.3 is 0 Å². The fourth-order valence-corrected chi connectivity index (χ4v) is 3.73. The zero-order valence-electron chi connectivity index (χ0n) is 17.4. The summed E-state index contributed by atoms with van der Waals surface area (Å²) >= 11 is 0. The minimum Gasteiger partial charge on any atom is -0.398 e. The maximum absolute atomic E-state index is 6.27. The molecular formula is C25H35N. The Hall–Kier alpha value is -2.02. The Balaban J connectivity index is 2.42. The molecule has 0 saturated heterocycles. The minimum absolute atomic E-state index is 0.607. The summed E-state index contributed by atoms with van der Waals surface area (Å²) in [5.74, 6) is 1.27. The van der Waals surface area contributed by atoms with Gasteiger partial charge in [0.2, 0.25) is 0 Å². The first-order chi connectivity index (χ1) is 12.3. The molecule has 0 aliphatic heterocycles. The number of allylic oxidation sites excluding steroid dienone is 2. The average molecular weight is 350 g/mol. The summed E-state index contributed by atoms with van der Waals surface area (Å²) < 4.78 is 0. The number of rotatable bonds is 7. The van der Waals surface area contributed by atoms with E-state index in [1.54, 1.807) is 0 Å². The van der Waals surface area contributed by atoms with Gasteiger partial charge in [0, 0.05) is 11.3 Å². The molecule has 2 N–H and O–H groups in total. The summed E-state index contributed by atoms with van der Waals surface area (Å²) in [5, 5.41) is 0. The van der Waals surface area contributed by atoms with Gasteiger partial charge in [0.15, 0.2) is 0 Å². The van der Waals surface area contributed by atoms with E-state index in [2.05, 4.69) is 71.9 Å². The van der Waals surface area contributed by atoms with E-state index in [-0.39, 0.29) is 0 Å². The first kappa shape index (κ1) is 20.3. The second kappa shape index (κ2) is 9.07. The molecule has 0 aromatic heterocycles. The lowest BCUT2D eigenvalue weighted by Crippen LogP contribution is -2.04. The lowest BCUT2D eigenvalue weighted by atomic mass is 9.89. The van der Waals surface area contributed by atoms with Crippen LogP contribution in [0.1, 0.15) is 61.9 Å². The number of para-hydroxylation sites is 1. The Labute approximate surface area is 160 Å². The summed E-state index contributed by atoms with van der Waals surface area (Å²) in [4.78, 5) is 0. The molecule has 0 saturated carbocycles. The first-order valence-corrected chi connectivity index (χ1v) is 9.90. The minimum atomic E-state index is 0.607. The average Bonchev–Trinajstić information content (AvgIpc) is 2.54. The summed E-state index contributed by atoms with van der Waals surface area (Å²) in [6.45, 7) is 13.6. The van der Waals surface area contributed by atoms with E-state index in [0.717, 1.165) is 24.9 Å². The van der Waals surface area contributed by atoms with Crippen molar-refractivity contribution in [2.45, 2.75) is 60.8 Å². The molecule has 0 atom stereocenters. The molecule has 2 aromatic carbocycles. The lowest BCUT2D eigenvalue weighted by Gasteiger charge is -2.17. The smallest absolute Gasteiger partial charge is 0.0390 e. The van der Waals surface area contributed by atoms with Crippen molar-refractivity contribution in [3.8, 4) is 0 Å². The molecule has 26 heavy (non-hydrogen) atoms. The Morgan fingerprint density at radius 1 is 1.00 bits per heavy atom. The molecule has 0 bridgehead atoms. The highest BCUT2D eigenvalue weighted by Crippen LogP contribution is 2.29. The van der Waals surface area contributed by atoms with E-state index in [1.807, 2.05) is 12.1 Å². The zero-order valence-corrected chi connectivity index (χ0v) is 17.4. The van der Waals surface area contributed by atoms with Gasteiger partial charge in [0.1, 0.15) is 0 Å². The Morgan fingerprint density at radius 2 is 1.69 bits per heavy atom. The molecule has 2 rings (SSSR count). The third-order valence-corrected chi connectivity index (χ3v) is 4.83. The van der Waals surface area contributed by atoms with Gasteiger partial charge in [-0.05, 0) is 73.3 Å². The van der Waals surface area contributed by atoms with Crippen LogP contribution in [0.25, 0.3) is 5.57 Å². The molecule has 0 spiro atoms. The fraction of sp³-hybridized carbons (Fsp3) is 0.440. The second-order valence-electron chi connectivity index (χ2n) is 8.44. The van der Waals surface area contributed by atoms with E-state index >= 15 is 0 Å². The van der Waals surface area contributed by atoms with Crippen LogP contribution in [-0.4, -0.2) is 0 Å². The third kappa shape index (κ3) is 5.49. The van der Waals surface area contributed by atoms with Gasteiger partial charge in [-0.15, -0.1) is 0 Å². The Kier molecular flexibility index (Phi) is 7.08. The van der Waals surface area contributed by atoms with Crippen molar-refractivity contribution in [1.29, 1.82) is 0 Å². The van der Waals surface area contributed by atoms with Crippen molar-refractivity contribution in [3.63, 3.8) is 0 Å². The van der Waals surface area contributed by atoms with Gasteiger partial charge in [-0.3, -0.25) is 0 Å². The van der Waals surface area contributed by atoms with Crippen molar-refractivity contribution in [3.05, 3.63) is 70.3 Å². The molecule has 0 aliphatic rings. The Morgan fingerprint density at radius 3 is 2.31 bits per heavy atom. The maximum Gasteiger partial charge on any atom is 0.0390 e. The Bertz CT molecular complexity index is 766. The topological polar surface area (TPSA) is 26.0 Å². The molecule has 0 unspecified atom stereocenters. The lowest BCUT2D eigenvalue weighted by molar-refractivity contribution is 0.641. The summed E-state index contributed by atoms with van der Waals surface area (Å²) in [6.07, 6.45) is 5.57. The van der Waals surface area contributed by atoms with Crippen molar-refractivity contribution in [2.75, 3.05) is 5.73 Å². The van der Waals surface area contributed by atoms with Gasteiger partial charge in [0.25, 0.3) is 0 Å². The van der Waals surface area contributed by atoms with Gasteiger partial charge in [-0.1, -0.05) is 69.7 Å². The molecule has 0 aliphatic carbocycles. The standard InChI is InChI=1S/C25H35N/c1-17(2)13-21(23-9-7-8-10-25(23)26)11-12-22-16-19(5)15-20(6)24(22)14-18(3)4/h7-11,15-18H,12-14,26H2,1-6H3/b21-11-. The number of anilines is 1. The van der Waals surface area contributed by atoms with Crippen LogP contribution in [0.5, 0.6) is 0 Å². The third-order valence-electron chi connectivity index (χ3n) is 4.83. The second-order valence-corrected chi connectivity index (χ2v) is 8.44. The van der Waals surface area contributed by atoms with Crippen LogP contribution in [0.4, 0.5) is 5.69 Å². The van der Waals surface area contributed by atoms with Crippen LogP contribution >= 0.6 is 0 Å². The molecular weight excluding hydrogens is 314 g/mol. The molecule has 2 aromatic rings. The summed E-state index contributed by atoms with van der Waals surface area (Å²) in [5.41, 5.74) is 15.5. The maximum atomic E-state index is 6.27. The van der Waals surface area contributed by atoms with Crippen LogP contribution in [-0.2, 0) is 12.8 Å². The van der Waals surface area contributed by atoms with Gasteiger partial charge in [-0.2, -0.15) is 0 Å². The van der Waals surface area contributed by atoms with E-state index < -0.39 is 0 Å². The van der Waals surface area contributed by atoms with Crippen LogP contribution in [0.3, 0.4) is 0 Å². The highest BCUT2D eigenvalue weighted by molar-refractivity contribution is 5.75. The van der Waals surface area contributed by atoms with Crippen molar-refractivity contribution in [2.24, 2.45) is 11.8 Å². The van der Waals surface area contributed by atoms with Gasteiger partial charge < -0.3 is 5.73 Å². The number of benzene rings is 2. The zero-order chi connectivity index (χ0) is 19.3. The molecule has 0 radical (unpaired) electrons. The fourth-order valence-electron chi connectivity index (χ4n) is 3.73. The van der Waals surface area contributed by atoms with Gasteiger partial charge in [-0.25, -0.2) is 0 Å². The molecule has 0 fully saturated rings. The van der Waals surface area contributed by atoms with E-state index in [0.29, 0.717) is 11.8 Å². The highest BCUT2D eigenvalue weighted by Gasteiger charge is 2.11. The van der Waals surface area contributed by atoms with E-state index in [4.69, 9.17) is 5.73 Å². The normalized spacial score (nSPS) is 12.2. The van der Waals surface area contributed by atoms with Crippen molar-refractivity contribution < 1.29 is 0 Å². The molecule has 1 nitrogen and oxygen atoms in total. The van der Waals surface area contributed by atoms with E-state index in [9.17, 15) is 0 Å². The molecule has 0 amide bonds. The number of hydrogen-bond acceptors (Lipinski definition) is 1. The van der Waals surface area contributed by atoms with Crippen LogP contribution < -0.4 is 5.73 Å². The number of nitrogens with two attached hydrogens (primary N) is 1. The van der Waals surface area contributed by atoms with E-state index in [1.165, 1.54) is 33.4 Å². The number of aryl methyl sites for hydroxylation is 2. The molecule has 0 heterocycles. The molecule has 1 heteroatoms. The summed E-state index contributed by atoms with van der Waals surface area (Å²) in [7, 11) is 0. The largest absolute Gasteiger partial charge is 0.398 e. The van der Waals surface area contributed by atoms with Crippen molar-refractivity contribution >= 4 is 11.3 Å². The number of nitrogen functional groups attached to an aromatic ring is 1. The number of hydrogen-bond donors (Lipinski definition) is 1. The SMILES string of the molecule is Cc1cc(C)c(CC(C)C)c(C/C=C(/CC(C)C)c2ccccc2N)c1. The molecule has 140 valence electrons. The first-order valence-electron chi connectivity index (χ1n) is 9.90. The highest BCUT2D eigenvalue weighted by atomic mass is 14.6. The summed E-state index contributed by atoms with van der Waals surface area (Å²) in [6, 6.07) is 12.9. The van der Waals surface area contributed by atoms with Crippen molar-refractivity contribution in [1.82, 2.24) is 0 Å². The predicted molar refractivity (Wildman–Crippen MR) is 116 cm³/mol.